The van der Waals surface area contributed by atoms with E-state index in [1.165, 1.54) is 27.8 Å². The van der Waals surface area contributed by atoms with Crippen LogP contribution in [-0.2, 0) is 5.41 Å². The lowest BCUT2D eigenvalue weighted by Crippen LogP contribution is -2.14. The van der Waals surface area contributed by atoms with Crippen molar-refractivity contribution in [3.63, 3.8) is 0 Å². The fraction of sp³-hybridized carbons (Fsp3) is 0.0625. The molecule has 3 nitrogen and oxygen atoms in total. The highest BCUT2D eigenvalue weighted by molar-refractivity contribution is 5.86. The summed E-state index contributed by atoms with van der Waals surface area (Å²) in [5.74, 6) is 1.92. The predicted molar refractivity (Wildman–Crippen MR) is 210 cm³/mol. The summed E-state index contributed by atoms with van der Waals surface area (Å²) in [7, 11) is 0. The molecule has 7 aromatic carbocycles. The fourth-order valence-electron chi connectivity index (χ4n) is 7.55. The van der Waals surface area contributed by atoms with Crippen molar-refractivity contribution >= 4 is 0 Å². The molecule has 0 bridgehead atoms. The van der Waals surface area contributed by atoms with Crippen LogP contribution in [0.5, 0.6) is 0 Å². The van der Waals surface area contributed by atoms with Crippen LogP contribution in [0.1, 0.15) is 25.0 Å². The molecule has 0 unspecified atom stereocenters. The average Bonchev–Trinajstić information content (AvgIpc) is 3.44. The largest absolute Gasteiger partial charge is 0.208 e. The average molecular weight is 654 g/mol. The Balaban J connectivity index is 1.17. The van der Waals surface area contributed by atoms with Crippen LogP contribution in [0.15, 0.2) is 176 Å². The van der Waals surface area contributed by atoms with E-state index in [4.69, 9.17) is 15.0 Å². The van der Waals surface area contributed by atoms with Crippen molar-refractivity contribution in [2.24, 2.45) is 0 Å². The Labute approximate surface area is 299 Å². The summed E-state index contributed by atoms with van der Waals surface area (Å²) in [4.78, 5) is 15.5. The lowest BCUT2D eigenvalue weighted by molar-refractivity contribution is 0.660. The summed E-state index contributed by atoms with van der Waals surface area (Å²) in [6.07, 6.45) is 0. The Morgan fingerprint density at radius 2 is 0.706 bits per heavy atom. The zero-order valence-corrected chi connectivity index (χ0v) is 28.6. The molecule has 0 atom stereocenters. The lowest BCUT2D eigenvalue weighted by atomic mass is 9.82. The van der Waals surface area contributed by atoms with Crippen LogP contribution in [-0.4, -0.2) is 15.0 Å². The molecule has 1 aliphatic rings. The Morgan fingerprint density at radius 3 is 1.27 bits per heavy atom. The van der Waals surface area contributed by atoms with Crippen molar-refractivity contribution in [1.82, 2.24) is 15.0 Å². The number of hydrogen-bond acceptors (Lipinski definition) is 3. The molecule has 0 fully saturated rings. The topological polar surface area (TPSA) is 38.7 Å². The van der Waals surface area contributed by atoms with E-state index in [9.17, 15) is 0 Å². The molecule has 3 heteroatoms. The van der Waals surface area contributed by atoms with E-state index in [1.807, 2.05) is 24.3 Å². The predicted octanol–water partition coefficient (Wildman–Crippen LogP) is 12.2. The van der Waals surface area contributed by atoms with Crippen molar-refractivity contribution in [3.8, 4) is 78.7 Å². The van der Waals surface area contributed by atoms with Gasteiger partial charge in [-0.1, -0.05) is 184 Å². The molecule has 51 heavy (non-hydrogen) atoms. The fourth-order valence-corrected chi connectivity index (χ4v) is 7.55. The number of hydrogen-bond donors (Lipinski definition) is 0. The van der Waals surface area contributed by atoms with Crippen LogP contribution in [0, 0.1) is 0 Å². The summed E-state index contributed by atoms with van der Waals surface area (Å²) in [5, 5.41) is 0. The first-order valence-electron chi connectivity index (χ1n) is 17.5. The summed E-state index contributed by atoms with van der Waals surface area (Å²) in [6.45, 7) is 4.64. The smallest absolute Gasteiger partial charge is 0.164 e. The Hall–Kier alpha value is -6.45. The molecule has 0 radical (unpaired) electrons. The summed E-state index contributed by atoms with van der Waals surface area (Å²) < 4.78 is 0. The van der Waals surface area contributed by atoms with Gasteiger partial charge >= 0.3 is 0 Å². The standard InChI is InChI=1S/C48H35N3/c1-48(2)43-24-14-13-21-39(43)42-31-36(29-30-44(42)48)32-25-27-35(28-26-32)45-49-46(40-22-11-9-19-37(40)33-15-5-3-6-16-33)51-47(50-45)41-23-12-10-20-38(41)34-17-7-4-8-18-34/h3-31H,1-2H3. The number of aromatic nitrogens is 3. The number of nitrogens with zero attached hydrogens (tertiary/aromatic N) is 3. The molecule has 0 N–H and O–H groups in total. The first-order valence-corrected chi connectivity index (χ1v) is 17.5. The van der Waals surface area contributed by atoms with E-state index in [0.29, 0.717) is 17.5 Å². The van der Waals surface area contributed by atoms with E-state index in [-0.39, 0.29) is 5.41 Å². The number of rotatable bonds is 6. The highest BCUT2D eigenvalue weighted by atomic mass is 15.0. The quantitative estimate of drug-likeness (QED) is 0.179. The van der Waals surface area contributed by atoms with Gasteiger partial charge in [-0.15, -0.1) is 0 Å². The molecule has 1 heterocycles. The molecule has 0 spiro atoms. The second-order valence-electron chi connectivity index (χ2n) is 13.6. The number of benzene rings is 7. The Bertz CT molecular complexity index is 2430. The maximum atomic E-state index is 5.18. The minimum absolute atomic E-state index is 0.0132. The summed E-state index contributed by atoms with van der Waals surface area (Å²) >= 11 is 0. The summed E-state index contributed by atoms with van der Waals surface area (Å²) in [5.41, 5.74) is 15.0. The van der Waals surface area contributed by atoms with E-state index < -0.39 is 0 Å². The van der Waals surface area contributed by atoms with Gasteiger partial charge in [0, 0.05) is 22.1 Å². The molecule has 0 saturated heterocycles. The van der Waals surface area contributed by atoms with Crippen molar-refractivity contribution in [3.05, 3.63) is 187 Å². The second-order valence-corrected chi connectivity index (χ2v) is 13.6. The van der Waals surface area contributed by atoms with Gasteiger partial charge < -0.3 is 0 Å². The van der Waals surface area contributed by atoms with Crippen LogP contribution >= 0.6 is 0 Å². The van der Waals surface area contributed by atoms with Crippen LogP contribution < -0.4 is 0 Å². The summed E-state index contributed by atoms with van der Waals surface area (Å²) in [6, 6.07) is 61.9. The van der Waals surface area contributed by atoms with Gasteiger partial charge in [-0.05, 0) is 61.7 Å². The van der Waals surface area contributed by atoms with E-state index in [1.54, 1.807) is 0 Å². The third-order valence-corrected chi connectivity index (χ3v) is 10.2. The van der Waals surface area contributed by atoms with Gasteiger partial charge in [0.05, 0.1) is 0 Å². The highest BCUT2D eigenvalue weighted by Crippen LogP contribution is 2.49. The van der Waals surface area contributed by atoms with Crippen LogP contribution in [0.4, 0.5) is 0 Å². The minimum Gasteiger partial charge on any atom is -0.208 e. The van der Waals surface area contributed by atoms with E-state index >= 15 is 0 Å². The van der Waals surface area contributed by atoms with Crippen molar-refractivity contribution in [2.45, 2.75) is 19.3 Å². The van der Waals surface area contributed by atoms with Crippen LogP contribution in [0.3, 0.4) is 0 Å². The van der Waals surface area contributed by atoms with E-state index in [2.05, 4.69) is 166 Å². The molecule has 0 amide bonds. The van der Waals surface area contributed by atoms with Crippen LogP contribution in [0.2, 0.25) is 0 Å². The SMILES string of the molecule is CC1(C)c2ccccc2-c2cc(-c3ccc(-c4nc(-c5ccccc5-c5ccccc5)nc(-c5ccccc5-c5ccccc5)n4)cc3)ccc21. The maximum absolute atomic E-state index is 5.18. The number of fused-ring (bicyclic) bond motifs is 3. The van der Waals surface area contributed by atoms with Crippen molar-refractivity contribution in [2.75, 3.05) is 0 Å². The maximum Gasteiger partial charge on any atom is 0.164 e. The van der Waals surface area contributed by atoms with Gasteiger partial charge in [0.15, 0.2) is 17.5 Å². The normalized spacial score (nSPS) is 12.7. The molecule has 0 saturated carbocycles. The van der Waals surface area contributed by atoms with Gasteiger partial charge in [0.25, 0.3) is 0 Å². The first kappa shape index (κ1) is 30.6. The monoisotopic (exact) mass is 653 g/mol. The molecular weight excluding hydrogens is 619 g/mol. The third-order valence-electron chi connectivity index (χ3n) is 10.2. The van der Waals surface area contributed by atoms with Gasteiger partial charge in [-0.2, -0.15) is 0 Å². The lowest BCUT2D eigenvalue weighted by Gasteiger charge is -2.21. The van der Waals surface area contributed by atoms with Crippen LogP contribution in [0.25, 0.3) is 78.7 Å². The molecule has 8 aromatic rings. The zero-order valence-electron chi connectivity index (χ0n) is 28.6. The molecule has 0 aliphatic heterocycles. The molecule has 242 valence electrons. The minimum atomic E-state index is -0.0132. The van der Waals surface area contributed by atoms with Crippen molar-refractivity contribution < 1.29 is 0 Å². The van der Waals surface area contributed by atoms with Crippen molar-refractivity contribution in [1.29, 1.82) is 0 Å². The second kappa shape index (κ2) is 12.5. The van der Waals surface area contributed by atoms with Gasteiger partial charge in [-0.25, -0.2) is 15.0 Å². The van der Waals surface area contributed by atoms with Gasteiger partial charge in [0.1, 0.15) is 0 Å². The molecule has 1 aromatic heterocycles. The molecule has 1 aliphatic carbocycles. The third kappa shape index (κ3) is 5.44. The molecular formula is C48H35N3. The Morgan fingerprint density at radius 1 is 0.294 bits per heavy atom. The molecule has 9 rings (SSSR count). The zero-order chi connectivity index (χ0) is 34.4. The van der Waals surface area contributed by atoms with Gasteiger partial charge in [-0.3, -0.25) is 0 Å². The Kier molecular flexibility index (Phi) is 7.48. The van der Waals surface area contributed by atoms with E-state index in [0.717, 1.165) is 44.5 Å². The van der Waals surface area contributed by atoms with Gasteiger partial charge in [0.2, 0.25) is 0 Å². The first-order chi connectivity index (χ1) is 25.0. The highest BCUT2D eigenvalue weighted by Gasteiger charge is 2.35.